The summed E-state index contributed by atoms with van der Waals surface area (Å²) in [4.78, 5) is 49.1. The van der Waals surface area contributed by atoms with Gasteiger partial charge in [-0.15, -0.1) is 0 Å². The van der Waals surface area contributed by atoms with Crippen LogP contribution in [0.4, 0.5) is 11.4 Å². The molecule has 0 unspecified atom stereocenters. The quantitative estimate of drug-likeness (QED) is 0.143. The Balaban J connectivity index is 1.55. The monoisotopic (exact) mass is 649 g/mol. The van der Waals surface area contributed by atoms with E-state index in [2.05, 4.69) is 4.72 Å². The van der Waals surface area contributed by atoms with Crippen molar-refractivity contribution >= 4 is 44.8 Å². The zero-order valence-electron chi connectivity index (χ0n) is 23.4. The minimum absolute atomic E-state index is 0.0733. The third kappa shape index (κ3) is 6.82. The highest BCUT2D eigenvalue weighted by Crippen LogP contribution is 2.44. The van der Waals surface area contributed by atoms with E-state index in [1.165, 1.54) is 24.3 Å². The molecule has 0 spiro atoms. The van der Waals surface area contributed by atoms with Gasteiger partial charge in [-0.2, -0.15) is 4.72 Å². The molecule has 0 aromatic heterocycles. The maximum Gasteiger partial charge on any atom is 0.277 e. The molecule has 1 aliphatic rings. The van der Waals surface area contributed by atoms with Crippen molar-refractivity contribution in [1.29, 1.82) is 0 Å². The molecule has 2 amide bonds. The average molecular weight is 650 g/mol. The van der Waals surface area contributed by atoms with E-state index in [4.69, 9.17) is 11.6 Å². The van der Waals surface area contributed by atoms with E-state index in [0.29, 0.717) is 22.2 Å². The van der Waals surface area contributed by atoms with Crippen LogP contribution < -0.4 is 4.72 Å². The largest absolute Gasteiger partial charge is 0.277 e. The van der Waals surface area contributed by atoms with Crippen molar-refractivity contribution in [3.63, 3.8) is 0 Å². The lowest BCUT2D eigenvalue weighted by molar-refractivity contribution is -0.394. The van der Waals surface area contributed by atoms with E-state index in [1.807, 2.05) is 0 Å². The number of non-ortho nitro benzene ring substituents is 2. The number of nitrogens with one attached hydrogen (secondary N) is 1. The molecule has 2 atom stereocenters. The molecular weight excluding hydrogens is 626 g/mol. The molecule has 4 aromatic rings. The predicted octanol–water partition coefficient (Wildman–Crippen LogP) is 4.95. The third-order valence-corrected chi connectivity index (χ3v) is 8.76. The molecule has 13 nitrogen and oxygen atoms in total. The molecule has 0 bridgehead atoms. The summed E-state index contributed by atoms with van der Waals surface area (Å²) in [5, 5.41) is 25.3. The van der Waals surface area contributed by atoms with Crippen molar-refractivity contribution in [3.8, 4) is 0 Å². The number of hydrogen-bond donors (Lipinski definition) is 1. The summed E-state index contributed by atoms with van der Waals surface area (Å²) in [7, 11) is -4.22. The Morgan fingerprint density at radius 1 is 0.867 bits per heavy atom. The second kappa shape index (κ2) is 12.4. The number of carbonyl (C=O) groups excluding carboxylic acids is 2. The van der Waals surface area contributed by atoms with Gasteiger partial charge >= 0.3 is 0 Å². The Kier molecular flexibility index (Phi) is 8.64. The van der Waals surface area contributed by atoms with Gasteiger partial charge in [0.25, 0.3) is 23.2 Å². The van der Waals surface area contributed by atoms with Gasteiger partial charge in [0.05, 0.1) is 26.4 Å². The van der Waals surface area contributed by atoms with E-state index < -0.39 is 60.8 Å². The number of carbonyl (C=O) groups is 2. The number of rotatable bonds is 10. The highest BCUT2D eigenvalue weighted by molar-refractivity contribution is 7.89. The lowest BCUT2D eigenvalue weighted by Gasteiger charge is -2.19. The topological polar surface area (TPSA) is 173 Å². The molecule has 0 saturated carbocycles. The van der Waals surface area contributed by atoms with Crippen molar-refractivity contribution in [2.75, 3.05) is 0 Å². The standard InChI is InChI=1S/C30H24ClN5O8S/c1-19-7-13-26(14-8-19)45(43,44)32-27(15-20-5-3-2-4-6-20)30(38)34-28(21-9-11-23(31)12-10-21)33(34)29(37)22-16-24(35(39)40)18-25(17-22)36(41)42/h2-14,16-18,27-28,32H,15H2,1H3/t27-,28-,33?,34?/m1/s1. The van der Waals surface area contributed by atoms with Gasteiger partial charge in [-0.25, -0.2) is 18.4 Å². The fraction of sp³-hybridized carbons (Fsp3) is 0.133. The second-order valence-corrected chi connectivity index (χ2v) is 12.3. The maximum absolute atomic E-state index is 14.2. The SMILES string of the molecule is Cc1ccc(S(=O)(=O)N[C@H](Cc2ccccc2)C(=O)N2[C@H](c3ccc(Cl)cc3)N2C(=O)c2cc([N+](=O)[O-])cc([N+](=O)[O-])c2)cc1. The van der Waals surface area contributed by atoms with E-state index >= 15 is 0 Å². The molecule has 15 heteroatoms. The summed E-state index contributed by atoms with van der Waals surface area (Å²) in [6.07, 6.45) is -1.15. The van der Waals surface area contributed by atoms with E-state index in [-0.39, 0.29) is 11.3 Å². The van der Waals surface area contributed by atoms with Crippen LogP contribution in [0, 0.1) is 27.2 Å². The molecule has 4 aromatic carbocycles. The summed E-state index contributed by atoms with van der Waals surface area (Å²) in [5.74, 6) is -1.75. The molecule has 1 N–H and O–H groups in total. The van der Waals surface area contributed by atoms with Crippen LogP contribution in [0.2, 0.25) is 5.02 Å². The van der Waals surface area contributed by atoms with Gasteiger partial charge in [0.15, 0.2) is 6.17 Å². The molecule has 1 saturated heterocycles. The molecule has 230 valence electrons. The summed E-state index contributed by atoms with van der Waals surface area (Å²) in [6, 6.07) is 21.9. The molecule has 1 heterocycles. The lowest BCUT2D eigenvalue weighted by Crippen LogP contribution is -2.46. The summed E-state index contributed by atoms with van der Waals surface area (Å²) >= 11 is 6.04. The van der Waals surface area contributed by atoms with E-state index in [1.54, 1.807) is 61.5 Å². The van der Waals surface area contributed by atoms with Crippen molar-refractivity contribution in [3.05, 3.63) is 145 Å². The van der Waals surface area contributed by atoms with Crippen LogP contribution in [0.15, 0.2) is 102 Å². The lowest BCUT2D eigenvalue weighted by atomic mass is 10.1. The number of sulfonamides is 1. The molecule has 1 aliphatic heterocycles. The van der Waals surface area contributed by atoms with Crippen molar-refractivity contribution in [1.82, 2.24) is 14.7 Å². The Morgan fingerprint density at radius 2 is 1.44 bits per heavy atom. The number of hydrogen-bond acceptors (Lipinski definition) is 8. The summed E-state index contributed by atoms with van der Waals surface area (Å²) < 4.78 is 29.3. The summed E-state index contributed by atoms with van der Waals surface area (Å²) in [6.45, 7) is 1.80. The van der Waals surface area contributed by atoms with Gasteiger partial charge < -0.3 is 0 Å². The smallest absolute Gasteiger partial charge is 0.271 e. The van der Waals surface area contributed by atoms with Crippen LogP contribution in [-0.4, -0.2) is 46.1 Å². The molecule has 5 rings (SSSR count). The number of nitrogens with zero attached hydrogens (tertiary/aromatic N) is 4. The predicted molar refractivity (Wildman–Crippen MR) is 162 cm³/mol. The van der Waals surface area contributed by atoms with Crippen molar-refractivity contribution < 1.29 is 27.9 Å². The fourth-order valence-electron chi connectivity index (χ4n) is 4.75. The average Bonchev–Trinajstić information content (AvgIpc) is 3.76. The molecule has 45 heavy (non-hydrogen) atoms. The third-order valence-electron chi connectivity index (χ3n) is 7.02. The Morgan fingerprint density at radius 3 is 2.00 bits per heavy atom. The number of nitro benzene ring substituents is 2. The highest BCUT2D eigenvalue weighted by atomic mass is 35.5. The van der Waals surface area contributed by atoms with Gasteiger partial charge in [0.2, 0.25) is 10.0 Å². The molecular formula is C30H24ClN5O8S. The minimum atomic E-state index is -4.22. The Hall–Kier alpha value is -5.18. The fourth-order valence-corrected chi connectivity index (χ4v) is 6.06. The van der Waals surface area contributed by atoms with Crippen LogP contribution in [0.5, 0.6) is 0 Å². The summed E-state index contributed by atoms with van der Waals surface area (Å²) in [5.41, 5.74) is 0.0768. The molecule has 0 radical (unpaired) electrons. The van der Waals surface area contributed by atoms with Crippen LogP contribution in [0.25, 0.3) is 0 Å². The second-order valence-electron chi connectivity index (χ2n) is 10.2. The number of benzene rings is 4. The first-order valence-electron chi connectivity index (χ1n) is 13.3. The molecule has 0 aliphatic carbocycles. The zero-order chi connectivity index (χ0) is 32.5. The number of amides is 2. The normalized spacial score (nSPS) is 14.9. The minimum Gasteiger partial charge on any atom is -0.271 e. The van der Waals surface area contributed by atoms with Crippen LogP contribution in [-0.2, 0) is 21.2 Å². The first kappa shape index (κ1) is 31.3. The van der Waals surface area contributed by atoms with Gasteiger partial charge in [-0.3, -0.25) is 29.8 Å². The maximum atomic E-state index is 14.2. The number of hydrazine groups is 1. The Labute approximate surface area is 262 Å². The zero-order valence-corrected chi connectivity index (χ0v) is 25.0. The van der Waals surface area contributed by atoms with Crippen LogP contribution >= 0.6 is 11.6 Å². The van der Waals surface area contributed by atoms with Crippen molar-refractivity contribution in [2.24, 2.45) is 0 Å². The number of nitro groups is 2. The van der Waals surface area contributed by atoms with Gasteiger partial charge in [0, 0.05) is 17.2 Å². The first-order chi connectivity index (χ1) is 21.4. The first-order valence-corrected chi connectivity index (χ1v) is 15.2. The highest BCUT2D eigenvalue weighted by Gasteiger charge is 2.55. The van der Waals surface area contributed by atoms with E-state index in [0.717, 1.165) is 27.7 Å². The number of halogens is 1. The van der Waals surface area contributed by atoms with Crippen LogP contribution in [0.3, 0.4) is 0 Å². The van der Waals surface area contributed by atoms with Crippen molar-refractivity contribution in [2.45, 2.75) is 30.4 Å². The Bertz CT molecular complexity index is 1870. The van der Waals surface area contributed by atoms with Gasteiger partial charge in [-0.05, 0) is 48.7 Å². The van der Waals surface area contributed by atoms with Gasteiger partial charge in [-0.1, -0.05) is 71.8 Å². The number of aryl methyl sites for hydroxylation is 1. The van der Waals surface area contributed by atoms with Gasteiger partial charge in [0.1, 0.15) is 6.04 Å². The van der Waals surface area contributed by atoms with Crippen LogP contribution in [0.1, 0.15) is 33.2 Å². The molecule has 1 fully saturated rings. The van der Waals surface area contributed by atoms with E-state index in [9.17, 15) is 38.2 Å².